The minimum Gasteiger partial charge on any atom is -0.350 e. The van der Waals surface area contributed by atoms with Gasteiger partial charge in [-0.25, -0.2) is 4.99 Å². The predicted octanol–water partition coefficient (Wildman–Crippen LogP) is 11.7. The van der Waals surface area contributed by atoms with Gasteiger partial charge in [-0.1, -0.05) is 212 Å². The highest BCUT2D eigenvalue weighted by molar-refractivity contribution is 5.99. The zero-order valence-corrected chi connectivity index (χ0v) is 30.3. The maximum atomic E-state index is 5.18. The second kappa shape index (κ2) is 13.9. The molecule has 3 nitrogen and oxygen atoms in total. The van der Waals surface area contributed by atoms with Crippen molar-refractivity contribution in [3.8, 4) is 33.4 Å². The lowest BCUT2D eigenvalue weighted by Crippen LogP contribution is -2.44. The average Bonchev–Trinajstić information content (AvgIpc) is 3.59. The molecule has 0 radical (unpaired) electrons. The van der Waals surface area contributed by atoms with Crippen molar-refractivity contribution in [3.63, 3.8) is 0 Å². The fourth-order valence-electron chi connectivity index (χ4n) is 8.72. The normalized spacial score (nSPS) is 16.7. The highest BCUT2D eigenvalue weighted by Crippen LogP contribution is 2.58. The molecule has 2 atom stereocenters. The summed E-state index contributed by atoms with van der Waals surface area (Å²) >= 11 is 0. The van der Waals surface area contributed by atoms with Crippen LogP contribution in [0.4, 0.5) is 0 Å². The minimum atomic E-state index is -0.429. The van der Waals surface area contributed by atoms with E-state index >= 15 is 0 Å². The van der Waals surface area contributed by atoms with Crippen LogP contribution in [0.5, 0.6) is 0 Å². The van der Waals surface area contributed by atoms with Gasteiger partial charge >= 0.3 is 0 Å². The van der Waals surface area contributed by atoms with Gasteiger partial charge in [0.2, 0.25) is 0 Å². The Morgan fingerprint density at radius 2 is 0.873 bits per heavy atom. The Bertz CT molecular complexity index is 2580. The van der Waals surface area contributed by atoms with Gasteiger partial charge in [0.1, 0.15) is 18.2 Å². The van der Waals surface area contributed by atoms with E-state index < -0.39 is 5.41 Å². The number of amidine groups is 1. The molecule has 8 aromatic carbocycles. The Balaban J connectivity index is 1.03. The van der Waals surface area contributed by atoms with E-state index in [-0.39, 0.29) is 12.3 Å². The quantitative estimate of drug-likeness (QED) is 0.173. The van der Waals surface area contributed by atoms with Gasteiger partial charge in [-0.2, -0.15) is 0 Å². The van der Waals surface area contributed by atoms with E-state index in [1.54, 1.807) is 0 Å². The van der Waals surface area contributed by atoms with Crippen LogP contribution in [0.2, 0.25) is 0 Å². The van der Waals surface area contributed by atoms with E-state index in [1.165, 1.54) is 55.6 Å². The molecule has 55 heavy (non-hydrogen) atoms. The zero-order chi connectivity index (χ0) is 36.6. The first kappa shape index (κ1) is 32.8. The molecule has 0 saturated heterocycles. The van der Waals surface area contributed by atoms with Crippen molar-refractivity contribution in [1.82, 2.24) is 10.6 Å². The first-order valence-electron chi connectivity index (χ1n) is 19.0. The Hall–Kier alpha value is -6.81. The zero-order valence-electron chi connectivity index (χ0n) is 30.3. The number of benzene rings is 8. The van der Waals surface area contributed by atoms with Gasteiger partial charge in [0.15, 0.2) is 0 Å². The summed E-state index contributed by atoms with van der Waals surface area (Å²) in [6.07, 6.45) is -0.365. The number of hydrogen-bond acceptors (Lipinski definition) is 3. The summed E-state index contributed by atoms with van der Waals surface area (Å²) in [7, 11) is 0. The summed E-state index contributed by atoms with van der Waals surface area (Å²) < 4.78 is 0. The summed E-state index contributed by atoms with van der Waals surface area (Å²) in [5.74, 6) is 0.876. The van der Waals surface area contributed by atoms with Crippen LogP contribution in [-0.4, -0.2) is 5.84 Å². The lowest BCUT2D eigenvalue weighted by molar-refractivity contribution is 0.409. The van der Waals surface area contributed by atoms with E-state index in [0.29, 0.717) is 0 Å². The van der Waals surface area contributed by atoms with Gasteiger partial charge in [0.25, 0.3) is 0 Å². The number of nitrogens with one attached hydrogen (secondary N) is 2. The van der Waals surface area contributed by atoms with E-state index in [2.05, 4.69) is 217 Å². The third-order valence-electron chi connectivity index (χ3n) is 11.3. The largest absolute Gasteiger partial charge is 0.350 e. The molecule has 2 unspecified atom stereocenters. The molecule has 8 aromatic rings. The van der Waals surface area contributed by atoms with Crippen molar-refractivity contribution in [2.75, 3.05) is 0 Å². The van der Waals surface area contributed by atoms with Crippen molar-refractivity contribution >= 4 is 5.84 Å². The number of hydrogen-bond donors (Lipinski definition) is 2. The van der Waals surface area contributed by atoms with Gasteiger partial charge in [-0.05, 0) is 66.8 Å². The van der Waals surface area contributed by atoms with Crippen LogP contribution >= 0.6 is 0 Å². The molecular formula is C52H39N3. The van der Waals surface area contributed by atoms with E-state index in [1.807, 2.05) is 6.07 Å². The first-order chi connectivity index (χ1) is 27.3. The third-order valence-corrected chi connectivity index (χ3v) is 11.3. The highest BCUT2D eigenvalue weighted by atomic mass is 15.3. The summed E-state index contributed by atoms with van der Waals surface area (Å²) in [5.41, 5.74) is 15.5. The van der Waals surface area contributed by atoms with Crippen LogP contribution < -0.4 is 10.6 Å². The monoisotopic (exact) mass is 705 g/mol. The maximum absolute atomic E-state index is 5.18. The molecule has 0 amide bonds. The predicted molar refractivity (Wildman–Crippen MR) is 226 cm³/mol. The fraction of sp³-hybridized carbons (Fsp3) is 0.0577. The molecule has 2 N–H and O–H groups in total. The minimum absolute atomic E-state index is 0.147. The molecule has 262 valence electrons. The fourth-order valence-corrected chi connectivity index (χ4v) is 8.72. The molecule has 0 saturated carbocycles. The number of rotatable bonds is 7. The van der Waals surface area contributed by atoms with Crippen molar-refractivity contribution in [2.24, 2.45) is 4.99 Å². The van der Waals surface area contributed by atoms with Crippen LogP contribution in [0, 0.1) is 0 Å². The van der Waals surface area contributed by atoms with Gasteiger partial charge in [-0.3, -0.25) is 5.32 Å². The van der Waals surface area contributed by atoms with Crippen molar-refractivity contribution in [3.05, 3.63) is 251 Å². The lowest BCUT2D eigenvalue weighted by Gasteiger charge is -2.34. The molecule has 3 heteroatoms. The lowest BCUT2D eigenvalue weighted by atomic mass is 9.67. The SMILES string of the molecule is c1ccc(C2=NC(c3ccc(-c4ccccc4)cc3)NC(c3ccc(-c4cccc5c4-c4ccccc4C5(c4ccccc4)c4ccccc4)cc3)N2)cc1. The number of nitrogens with zero attached hydrogens (tertiary/aromatic N) is 1. The Morgan fingerprint density at radius 1 is 0.382 bits per heavy atom. The maximum Gasteiger partial charge on any atom is 0.131 e. The Kier molecular flexibility index (Phi) is 8.28. The molecule has 0 aromatic heterocycles. The summed E-state index contributed by atoms with van der Waals surface area (Å²) in [6.45, 7) is 0. The number of aliphatic imine (C=N–C) groups is 1. The Labute approximate surface area is 322 Å². The van der Waals surface area contributed by atoms with Crippen molar-refractivity contribution in [2.45, 2.75) is 17.7 Å². The second-order valence-electron chi connectivity index (χ2n) is 14.4. The van der Waals surface area contributed by atoms with E-state index in [0.717, 1.165) is 22.5 Å². The molecule has 1 aliphatic carbocycles. The standard InChI is InChI=1S/C52H39N3/c1-5-16-36(17-6-1)37-28-32-40(33-29-37)50-53-49(39-18-7-2-8-19-39)54-51(55-50)41-34-30-38(31-35-41)44-25-15-27-47-48(44)45-24-13-14-26-46(45)52(47,42-20-9-3-10-21-42)43-22-11-4-12-23-43/h1-35,50-51,55H,(H,53,54). The molecule has 0 bridgehead atoms. The molecule has 0 spiro atoms. The Morgan fingerprint density at radius 3 is 1.53 bits per heavy atom. The van der Waals surface area contributed by atoms with Gasteiger partial charge in [0.05, 0.1) is 5.41 Å². The molecule has 2 aliphatic rings. The van der Waals surface area contributed by atoms with E-state index in [4.69, 9.17) is 4.99 Å². The molecule has 0 fully saturated rings. The topological polar surface area (TPSA) is 36.4 Å². The smallest absolute Gasteiger partial charge is 0.131 e. The third kappa shape index (κ3) is 5.69. The van der Waals surface area contributed by atoms with Gasteiger partial charge < -0.3 is 5.32 Å². The van der Waals surface area contributed by atoms with E-state index in [9.17, 15) is 0 Å². The van der Waals surface area contributed by atoms with Crippen LogP contribution in [-0.2, 0) is 5.41 Å². The highest BCUT2D eigenvalue weighted by Gasteiger charge is 2.46. The molecule has 1 aliphatic heterocycles. The summed E-state index contributed by atoms with van der Waals surface area (Å²) in [4.78, 5) is 5.18. The molecular weight excluding hydrogens is 667 g/mol. The van der Waals surface area contributed by atoms with Crippen molar-refractivity contribution < 1.29 is 0 Å². The number of fused-ring (bicyclic) bond motifs is 3. The molecule has 1 heterocycles. The molecule has 10 rings (SSSR count). The van der Waals surface area contributed by atoms with Crippen LogP contribution in [0.25, 0.3) is 33.4 Å². The summed E-state index contributed by atoms with van der Waals surface area (Å²) in [6, 6.07) is 76.5. The van der Waals surface area contributed by atoms with Crippen molar-refractivity contribution in [1.29, 1.82) is 0 Å². The second-order valence-corrected chi connectivity index (χ2v) is 14.4. The average molecular weight is 706 g/mol. The first-order valence-corrected chi connectivity index (χ1v) is 19.0. The van der Waals surface area contributed by atoms with Crippen LogP contribution in [0.3, 0.4) is 0 Å². The van der Waals surface area contributed by atoms with Crippen LogP contribution in [0.1, 0.15) is 51.3 Å². The van der Waals surface area contributed by atoms with Crippen LogP contribution in [0.15, 0.2) is 217 Å². The summed E-state index contributed by atoms with van der Waals surface area (Å²) in [5, 5.41) is 7.53. The van der Waals surface area contributed by atoms with Gasteiger partial charge in [-0.15, -0.1) is 0 Å². The van der Waals surface area contributed by atoms with Gasteiger partial charge in [0, 0.05) is 5.56 Å².